The fraction of sp³-hybridized carbons (Fsp3) is 0.182. The second-order valence-electron chi connectivity index (χ2n) is 3.04. The molecular weight excluding hydrogens is 228 g/mol. The van der Waals surface area contributed by atoms with Crippen LogP contribution in [0.2, 0.25) is 5.02 Å². The van der Waals surface area contributed by atoms with E-state index in [2.05, 4.69) is 16.7 Å². The lowest BCUT2D eigenvalue weighted by molar-refractivity contribution is -0.370. The Balaban J connectivity index is 2.83. The van der Waals surface area contributed by atoms with Crippen molar-refractivity contribution in [2.45, 2.75) is 6.04 Å². The molecule has 0 spiro atoms. The molecule has 0 saturated carbocycles. The number of aliphatic hydroxyl groups excluding tert-OH is 1. The highest BCUT2D eigenvalue weighted by atomic mass is 35.5. The molecule has 0 fully saturated rings. The minimum absolute atomic E-state index is 0.373. The molecule has 1 aromatic carbocycles. The first-order chi connectivity index (χ1) is 7.69. The molecule has 1 amide bonds. The maximum atomic E-state index is 11.2. The Labute approximate surface area is 98.3 Å². The largest absolute Gasteiger partial charge is 0.411 e. The molecule has 2 N–H and O–H groups in total. The van der Waals surface area contributed by atoms with Gasteiger partial charge in [0.25, 0.3) is 0 Å². The van der Waals surface area contributed by atoms with Gasteiger partial charge in [-0.25, -0.2) is 4.79 Å². The van der Waals surface area contributed by atoms with Crippen LogP contribution in [-0.4, -0.2) is 36.6 Å². The Morgan fingerprint density at radius 1 is 1.62 bits per heavy atom. The van der Waals surface area contributed by atoms with Gasteiger partial charge in [-0.1, -0.05) is 29.8 Å². The SMILES string of the molecule is C=[NH+]C(=O)C(CO)N=Cc1ccccc1Cl. The van der Waals surface area contributed by atoms with Crippen LogP contribution in [-0.2, 0) is 4.79 Å². The first-order valence-corrected chi connectivity index (χ1v) is 5.02. The Bertz CT molecular complexity index is 418. The highest BCUT2D eigenvalue weighted by molar-refractivity contribution is 6.33. The van der Waals surface area contributed by atoms with Crippen molar-refractivity contribution < 1.29 is 14.9 Å². The molecule has 0 aliphatic rings. The summed E-state index contributed by atoms with van der Waals surface area (Å²) in [4.78, 5) is 17.3. The Morgan fingerprint density at radius 2 is 2.31 bits per heavy atom. The van der Waals surface area contributed by atoms with E-state index in [0.717, 1.165) is 0 Å². The first kappa shape index (κ1) is 12.5. The number of amides is 1. The lowest BCUT2D eigenvalue weighted by atomic mass is 10.2. The second-order valence-corrected chi connectivity index (χ2v) is 3.45. The summed E-state index contributed by atoms with van der Waals surface area (Å²) in [5, 5.41) is 9.48. The molecule has 0 saturated heterocycles. The maximum absolute atomic E-state index is 11.2. The summed E-state index contributed by atoms with van der Waals surface area (Å²) in [6.45, 7) is 2.84. The summed E-state index contributed by atoms with van der Waals surface area (Å²) in [5.41, 5.74) is 0.694. The summed E-state index contributed by atoms with van der Waals surface area (Å²) in [6.07, 6.45) is 1.46. The molecule has 5 heteroatoms. The molecule has 0 aliphatic heterocycles. The summed E-state index contributed by atoms with van der Waals surface area (Å²) >= 11 is 5.90. The van der Waals surface area contributed by atoms with E-state index in [0.29, 0.717) is 10.6 Å². The van der Waals surface area contributed by atoms with Gasteiger partial charge in [0.15, 0.2) is 6.04 Å². The number of carbonyl (C=O) groups excluding carboxylic acids is 1. The van der Waals surface area contributed by atoms with Gasteiger partial charge in [-0.2, -0.15) is 4.99 Å². The zero-order valence-electron chi connectivity index (χ0n) is 8.56. The van der Waals surface area contributed by atoms with E-state index in [1.54, 1.807) is 18.2 Å². The number of rotatable bonds is 4. The number of carbonyl (C=O) groups is 1. The van der Waals surface area contributed by atoms with Crippen molar-refractivity contribution in [1.82, 2.24) is 0 Å². The molecule has 1 aromatic rings. The Morgan fingerprint density at radius 3 is 2.88 bits per heavy atom. The van der Waals surface area contributed by atoms with Crippen molar-refractivity contribution in [3.63, 3.8) is 0 Å². The topological polar surface area (TPSA) is 63.6 Å². The molecule has 0 heterocycles. The Hall–Kier alpha value is -1.52. The summed E-state index contributed by atoms with van der Waals surface area (Å²) < 4.78 is 0. The van der Waals surface area contributed by atoms with Crippen molar-refractivity contribution in [1.29, 1.82) is 0 Å². The van der Waals surface area contributed by atoms with E-state index < -0.39 is 11.9 Å². The lowest BCUT2D eigenvalue weighted by Crippen LogP contribution is -2.74. The summed E-state index contributed by atoms with van der Waals surface area (Å²) in [6, 6.07) is 6.24. The third-order valence-corrected chi connectivity index (χ3v) is 2.29. The van der Waals surface area contributed by atoms with Crippen LogP contribution in [0.25, 0.3) is 0 Å². The minimum atomic E-state index is -0.853. The van der Waals surface area contributed by atoms with Crippen LogP contribution in [0.15, 0.2) is 29.3 Å². The number of hydrogen-bond donors (Lipinski definition) is 2. The summed E-state index contributed by atoms with van der Waals surface area (Å²) in [7, 11) is 0. The monoisotopic (exact) mass is 239 g/mol. The van der Waals surface area contributed by atoms with E-state index in [-0.39, 0.29) is 6.61 Å². The molecule has 1 rings (SSSR count). The van der Waals surface area contributed by atoms with E-state index in [4.69, 9.17) is 16.7 Å². The van der Waals surface area contributed by atoms with Gasteiger partial charge in [-0.05, 0) is 6.07 Å². The molecule has 1 unspecified atom stereocenters. The minimum Gasteiger partial charge on any atom is -0.393 e. The van der Waals surface area contributed by atoms with E-state index >= 15 is 0 Å². The van der Waals surface area contributed by atoms with Gasteiger partial charge in [0.2, 0.25) is 0 Å². The first-order valence-electron chi connectivity index (χ1n) is 4.64. The molecule has 84 valence electrons. The molecule has 1 atom stereocenters. The number of aliphatic hydroxyl groups is 1. The zero-order chi connectivity index (χ0) is 12.0. The van der Waals surface area contributed by atoms with E-state index in [1.165, 1.54) is 6.21 Å². The van der Waals surface area contributed by atoms with Crippen LogP contribution in [0.4, 0.5) is 0 Å². The van der Waals surface area contributed by atoms with Gasteiger partial charge in [-0.15, -0.1) is 0 Å². The van der Waals surface area contributed by atoms with Crippen molar-refractivity contribution in [2.24, 2.45) is 4.99 Å². The molecule has 0 aliphatic carbocycles. The number of benzene rings is 1. The fourth-order valence-electron chi connectivity index (χ4n) is 1.07. The molecule has 0 radical (unpaired) electrons. The molecule has 16 heavy (non-hydrogen) atoms. The van der Waals surface area contributed by atoms with Gasteiger partial charge in [0.1, 0.15) is 6.72 Å². The van der Waals surface area contributed by atoms with Crippen LogP contribution in [0.1, 0.15) is 5.56 Å². The Kier molecular flexibility index (Phi) is 4.82. The normalized spacial score (nSPS) is 12.6. The smallest absolute Gasteiger partial charge is 0.393 e. The van der Waals surface area contributed by atoms with Gasteiger partial charge >= 0.3 is 5.91 Å². The predicted molar refractivity (Wildman–Crippen MR) is 63.0 cm³/mol. The van der Waals surface area contributed by atoms with Crippen LogP contribution >= 0.6 is 11.6 Å². The number of halogens is 1. The number of hydrogen-bond acceptors (Lipinski definition) is 3. The number of nitrogens with one attached hydrogen (secondary N) is 1. The fourth-order valence-corrected chi connectivity index (χ4v) is 1.25. The third kappa shape index (κ3) is 3.25. The molecule has 4 nitrogen and oxygen atoms in total. The molecule has 0 bridgehead atoms. The average molecular weight is 240 g/mol. The molecule has 0 aromatic heterocycles. The second kappa shape index (κ2) is 6.15. The van der Waals surface area contributed by atoms with Crippen molar-refractivity contribution in [3.8, 4) is 0 Å². The number of aliphatic imine (C=N–C) groups is 1. The quantitative estimate of drug-likeness (QED) is 0.691. The van der Waals surface area contributed by atoms with Gasteiger partial charge in [-0.3, -0.25) is 4.99 Å². The van der Waals surface area contributed by atoms with Crippen LogP contribution in [0.5, 0.6) is 0 Å². The van der Waals surface area contributed by atoms with E-state index in [9.17, 15) is 4.79 Å². The van der Waals surface area contributed by atoms with Crippen LogP contribution < -0.4 is 4.99 Å². The number of nitrogens with zero attached hydrogens (tertiary/aromatic N) is 1. The third-order valence-electron chi connectivity index (χ3n) is 1.95. The maximum Gasteiger partial charge on any atom is 0.411 e. The average Bonchev–Trinajstić information content (AvgIpc) is 2.31. The molecular formula is C11H12ClN2O2+. The zero-order valence-corrected chi connectivity index (χ0v) is 9.31. The standard InChI is InChI=1S/C11H11ClN2O2/c1-13-11(16)10(7-15)14-6-8-4-2-3-5-9(8)12/h2-6,10,15H,1,7H2/p+1. The van der Waals surface area contributed by atoms with E-state index in [1.807, 2.05) is 6.07 Å². The van der Waals surface area contributed by atoms with Gasteiger partial charge < -0.3 is 5.11 Å². The lowest BCUT2D eigenvalue weighted by Gasteiger charge is -2.00. The highest BCUT2D eigenvalue weighted by Crippen LogP contribution is 2.12. The predicted octanol–water partition coefficient (Wildman–Crippen LogP) is -0.572. The van der Waals surface area contributed by atoms with Crippen molar-refractivity contribution in [3.05, 3.63) is 34.9 Å². The van der Waals surface area contributed by atoms with Crippen LogP contribution in [0, 0.1) is 0 Å². The van der Waals surface area contributed by atoms with Crippen LogP contribution in [0.3, 0.4) is 0 Å². The summed E-state index contributed by atoms with van der Waals surface area (Å²) in [5.74, 6) is -0.439. The highest BCUT2D eigenvalue weighted by Gasteiger charge is 2.19. The van der Waals surface area contributed by atoms with Crippen molar-refractivity contribution >= 4 is 30.4 Å². The van der Waals surface area contributed by atoms with Crippen molar-refractivity contribution in [2.75, 3.05) is 6.61 Å². The van der Waals surface area contributed by atoms with Gasteiger partial charge in [0, 0.05) is 16.8 Å². The van der Waals surface area contributed by atoms with Gasteiger partial charge in [0.05, 0.1) is 6.61 Å².